The van der Waals surface area contributed by atoms with Gasteiger partial charge in [0.2, 0.25) is 0 Å². The van der Waals surface area contributed by atoms with E-state index in [9.17, 15) is 0 Å². The number of hydrogen-bond acceptors (Lipinski definition) is 2. The molecule has 1 unspecified atom stereocenters. The van der Waals surface area contributed by atoms with E-state index in [4.69, 9.17) is 4.98 Å². The van der Waals surface area contributed by atoms with E-state index in [1.807, 2.05) is 0 Å². The number of aryl methyl sites for hydroxylation is 1. The lowest BCUT2D eigenvalue weighted by molar-refractivity contribution is 0.294. The summed E-state index contributed by atoms with van der Waals surface area (Å²) in [6, 6.07) is 8.50. The third-order valence-corrected chi connectivity index (χ3v) is 4.68. The van der Waals surface area contributed by atoms with Gasteiger partial charge in [-0.3, -0.25) is 0 Å². The Labute approximate surface area is 127 Å². The minimum Gasteiger partial charge on any atom is -0.328 e. The average molecular weight is 285 g/mol. The summed E-state index contributed by atoms with van der Waals surface area (Å²) in [4.78, 5) is 4.92. The molecule has 1 fully saturated rings. The normalized spacial score (nSPS) is 22.5. The van der Waals surface area contributed by atoms with Gasteiger partial charge < -0.3 is 9.88 Å². The molecule has 0 radical (unpaired) electrons. The highest BCUT2D eigenvalue weighted by molar-refractivity contribution is 5.75. The van der Waals surface area contributed by atoms with Gasteiger partial charge in [0.05, 0.1) is 11.0 Å². The third kappa shape index (κ3) is 2.84. The minimum absolute atomic E-state index is 0.252. The van der Waals surface area contributed by atoms with Crippen molar-refractivity contribution in [1.29, 1.82) is 0 Å². The first-order chi connectivity index (χ1) is 10.1. The molecule has 0 aliphatic carbocycles. The molecule has 1 saturated heterocycles. The van der Waals surface area contributed by atoms with Crippen LogP contribution in [0.15, 0.2) is 24.3 Å². The van der Waals surface area contributed by atoms with Crippen molar-refractivity contribution in [2.45, 2.75) is 58.5 Å². The first-order valence-corrected chi connectivity index (χ1v) is 8.33. The Morgan fingerprint density at radius 2 is 2.14 bits per heavy atom. The van der Waals surface area contributed by atoms with Gasteiger partial charge in [-0.05, 0) is 50.8 Å². The van der Waals surface area contributed by atoms with Crippen molar-refractivity contribution >= 4 is 11.0 Å². The molecule has 3 heteroatoms. The van der Waals surface area contributed by atoms with Gasteiger partial charge in [-0.15, -0.1) is 0 Å². The summed E-state index contributed by atoms with van der Waals surface area (Å²) in [6.07, 6.45) is 4.85. The zero-order chi connectivity index (χ0) is 14.9. The van der Waals surface area contributed by atoms with Gasteiger partial charge in [-0.1, -0.05) is 26.0 Å². The van der Waals surface area contributed by atoms with Gasteiger partial charge in [0.25, 0.3) is 0 Å². The second-order valence-corrected chi connectivity index (χ2v) is 6.85. The fraction of sp³-hybridized carbons (Fsp3) is 0.611. The maximum absolute atomic E-state index is 4.92. The van der Waals surface area contributed by atoms with Crippen LogP contribution in [0, 0.1) is 5.92 Å². The number of rotatable bonds is 5. The molecule has 0 spiro atoms. The number of nitrogens with one attached hydrogen (secondary N) is 1. The molecule has 2 heterocycles. The number of benzene rings is 1. The molecular weight excluding hydrogens is 258 g/mol. The third-order valence-electron chi connectivity index (χ3n) is 4.68. The predicted molar refractivity (Wildman–Crippen MR) is 88.5 cm³/mol. The summed E-state index contributed by atoms with van der Waals surface area (Å²) in [6.45, 7) is 9.01. The van der Waals surface area contributed by atoms with Crippen LogP contribution in [0.1, 0.15) is 45.9 Å². The molecule has 114 valence electrons. The fourth-order valence-corrected chi connectivity index (χ4v) is 3.96. The SMILES string of the molecule is CCn1c(CC2(CC(C)C)CCCN2)nc2ccccc21. The van der Waals surface area contributed by atoms with Gasteiger partial charge in [0, 0.05) is 18.5 Å². The molecule has 3 rings (SSSR count). The molecule has 1 atom stereocenters. The van der Waals surface area contributed by atoms with Crippen molar-refractivity contribution in [1.82, 2.24) is 14.9 Å². The van der Waals surface area contributed by atoms with E-state index in [1.54, 1.807) is 0 Å². The van der Waals surface area contributed by atoms with Gasteiger partial charge in [-0.25, -0.2) is 4.98 Å². The topological polar surface area (TPSA) is 29.9 Å². The lowest BCUT2D eigenvalue weighted by Gasteiger charge is -2.31. The highest BCUT2D eigenvalue weighted by atomic mass is 15.1. The van der Waals surface area contributed by atoms with E-state index in [0.29, 0.717) is 0 Å². The lowest BCUT2D eigenvalue weighted by Crippen LogP contribution is -2.43. The molecule has 1 N–H and O–H groups in total. The zero-order valence-corrected chi connectivity index (χ0v) is 13.5. The van der Waals surface area contributed by atoms with Gasteiger partial charge >= 0.3 is 0 Å². The predicted octanol–water partition coefficient (Wildman–Crippen LogP) is 3.77. The number of para-hydroxylation sites is 2. The van der Waals surface area contributed by atoms with Crippen LogP contribution in [-0.4, -0.2) is 21.6 Å². The Morgan fingerprint density at radius 3 is 2.81 bits per heavy atom. The second-order valence-electron chi connectivity index (χ2n) is 6.85. The van der Waals surface area contributed by atoms with Crippen LogP contribution in [0.2, 0.25) is 0 Å². The summed E-state index contributed by atoms with van der Waals surface area (Å²) >= 11 is 0. The smallest absolute Gasteiger partial charge is 0.111 e. The lowest BCUT2D eigenvalue weighted by atomic mass is 9.84. The van der Waals surface area contributed by atoms with Crippen LogP contribution < -0.4 is 5.32 Å². The summed E-state index contributed by atoms with van der Waals surface area (Å²) in [5.74, 6) is 1.96. The van der Waals surface area contributed by atoms with E-state index >= 15 is 0 Å². The standard InChI is InChI=1S/C18H27N3/c1-4-21-16-9-6-5-8-15(16)20-17(21)13-18(12-14(2)3)10-7-11-19-18/h5-6,8-9,14,19H,4,7,10-13H2,1-3H3. The Balaban J connectivity index is 1.96. The van der Waals surface area contributed by atoms with Crippen LogP contribution in [0.5, 0.6) is 0 Å². The van der Waals surface area contributed by atoms with Crippen molar-refractivity contribution in [2.75, 3.05) is 6.54 Å². The van der Waals surface area contributed by atoms with E-state index < -0.39 is 0 Å². The zero-order valence-electron chi connectivity index (χ0n) is 13.5. The fourth-order valence-electron chi connectivity index (χ4n) is 3.96. The van der Waals surface area contributed by atoms with Crippen molar-refractivity contribution in [3.63, 3.8) is 0 Å². The van der Waals surface area contributed by atoms with Crippen molar-refractivity contribution < 1.29 is 0 Å². The molecule has 0 saturated carbocycles. The Kier molecular flexibility index (Phi) is 4.03. The van der Waals surface area contributed by atoms with E-state index in [2.05, 4.69) is 54.9 Å². The second kappa shape index (κ2) is 5.80. The minimum atomic E-state index is 0.252. The Morgan fingerprint density at radius 1 is 1.33 bits per heavy atom. The Bertz CT molecular complexity index is 606. The van der Waals surface area contributed by atoms with Crippen molar-refractivity contribution in [3.8, 4) is 0 Å². The Hall–Kier alpha value is -1.35. The highest BCUT2D eigenvalue weighted by Crippen LogP contribution is 2.31. The number of hydrogen-bond donors (Lipinski definition) is 1. The maximum Gasteiger partial charge on any atom is 0.111 e. The maximum atomic E-state index is 4.92. The quantitative estimate of drug-likeness (QED) is 0.906. The molecule has 0 amide bonds. The molecule has 2 aromatic rings. The van der Waals surface area contributed by atoms with Crippen LogP contribution in [-0.2, 0) is 13.0 Å². The van der Waals surface area contributed by atoms with Crippen LogP contribution in [0.3, 0.4) is 0 Å². The number of nitrogens with zero attached hydrogens (tertiary/aromatic N) is 2. The first-order valence-electron chi connectivity index (χ1n) is 8.33. The highest BCUT2D eigenvalue weighted by Gasteiger charge is 2.35. The van der Waals surface area contributed by atoms with Gasteiger partial charge in [-0.2, -0.15) is 0 Å². The number of fused-ring (bicyclic) bond motifs is 1. The molecule has 3 nitrogen and oxygen atoms in total. The van der Waals surface area contributed by atoms with E-state index in [-0.39, 0.29) is 5.54 Å². The summed E-state index contributed by atoms with van der Waals surface area (Å²) in [7, 11) is 0. The molecule has 1 aromatic heterocycles. The van der Waals surface area contributed by atoms with Crippen LogP contribution >= 0.6 is 0 Å². The largest absolute Gasteiger partial charge is 0.328 e. The molecule has 1 aliphatic heterocycles. The summed E-state index contributed by atoms with van der Waals surface area (Å²) in [5.41, 5.74) is 2.65. The molecule has 21 heavy (non-hydrogen) atoms. The van der Waals surface area contributed by atoms with Crippen LogP contribution in [0.4, 0.5) is 0 Å². The van der Waals surface area contributed by atoms with Crippen LogP contribution in [0.25, 0.3) is 11.0 Å². The van der Waals surface area contributed by atoms with Gasteiger partial charge in [0.15, 0.2) is 0 Å². The number of imidazole rings is 1. The summed E-state index contributed by atoms with van der Waals surface area (Å²) < 4.78 is 2.39. The van der Waals surface area contributed by atoms with Crippen molar-refractivity contribution in [3.05, 3.63) is 30.1 Å². The monoisotopic (exact) mass is 285 g/mol. The van der Waals surface area contributed by atoms with Crippen molar-refractivity contribution in [2.24, 2.45) is 5.92 Å². The molecule has 1 aromatic carbocycles. The molecule has 0 bridgehead atoms. The average Bonchev–Trinajstić information content (AvgIpc) is 3.02. The van der Waals surface area contributed by atoms with E-state index in [1.165, 1.54) is 30.6 Å². The summed E-state index contributed by atoms with van der Waals surface area (Å²) in [5, 5.41) is 3.79. The van der Waals surface area contributed by atoms with Gasteiger partial charge in [0.1, 0.15) is 5.82 Å². The molecular formula is C18H27N3. The molecule has 1 aliphatic rings. The first kappa shape index (κ1) is 14.6. The number of aromatic nitrogens is 2. The van der Waals surface area contributed by atoms with E-state index in [0.717, 1.165) is 30.9 Å².